The number of amides is 1. The van der Waals surface area contributed by atoms with Crippen molar-refractivity contribution in [2.24, 2.45) is 5.92 Å². The van der Waals surface area contributed by atoms with Crippen LogP contribution in [0.15, 0.2) is 30.3 Å². The molecule has 0 aliphatic heterocycles. The van der Waals surface area contributed by atoms with E-state index in [0.29, 0.717) is 29.5 Å². The number of nitrogens with one attached hydrogen (secondary N) is 1. The fourth-order valence-corrected chi connectivity index (χ4v) is 3.80. The van der Waals surface area contributed by atoms with Crippen molar-refractivity contribution in [2.45, 2.75) is 52.4 Å². The molecule has 0 aromatic heterocycles. The van der Waals surface area contributed by atoms with E-state index in [9.17, 15) is 9.90 Å². The molecule has 0 unspecified atom stereocenters. The number of ether oxygens (including phenoxy) is 1. The van der Waals surface area contributed by atoms with Gasteiger partial charge in [0, 0.05) is 18.2 Å². The van der Waals surface area contributed by atoms with E-state index >= 15 is 0 Å². The minimum Gasteiger partial charge on any atom is -0.506 e. The zero-order valence-electron chi connectivity index (χ0n) is 16.0. The van der Waals surface area contributed by atoms with Crippen LogP contribution >= 0.6 is 0 Å². The molecule has 27 heavy (non-hydrogen) atoms. The van der Waals surface area contributed by atoms with E-state index in [1.165, 1.54) is 25.3 Å². The third-order valence-electron chi connectivity index (χ3n) is 5.14. The lowest BCUT2D eigenvalue weighted by molar-refractivity contribution is -0.117. The van der Waals surface area contributed by atoms with Crippen LogP contribution in [0, 0.1) is 19.8 Å². The Balaban J connectivity index is 1.71. The number of phenolic OH excluding ortho intramolecular Hbond substituents is 1. The molecular formula is C22H28N2O3. The summed E-state index contributed by atoms with van der Waals surface area (Å²) in [6.07, 6.45) is 6.39. The smallest absolute Gasteiger partial charge is 0.224 e. The number of anilines is 2. The highest BCUT2D eigenvalue weighted by Gasteiger charge is 2.18. The highest BCUT2D eigenvalue weighted by molar-refractivity contribution is 5.92. The van der Waals surface area contributed by atoms with Gasteiger partial charge in [0.1, 0.15) is 17.2 Å². The summed E-state index contributed by atoms with van der Waals surface area (Å²) in [4.78, 5) is 12.4. The normalized spacial score (nSPS) is 14.7. The molecular weight excluding hydrogens is 340 g/mol. The Morgan fingerprint density at radius 1 is 1.15 bits per heavy atom. The van der Waals surface area contributed by atoms with Gasteiger partial charge in [0.05, 0.1) is 5.69 Å². The second-order valence-corrected chi connectivity index (χ2v) is 7.52. The largest absolute Gasteiger partial charge is 0.506 e. The molecule has 1 fully saturated rings. The Labute approximate surface area is 160 Å². The van der Waals surface area contributed by atoms with Crippen molar-refractivity contribution in [3.05, 3.63) is 41.5 Å². The maximum Gasteiger partial charge on any atom is 0.224 e. The molecule has 1 amide bonds. The molecule has 2 aromatic carbocycles. The molecule has 0 radical (unpaired) electrons. The molecule has 0 bridgehead atoms. The summed E-state index contributed by atoms with van der Waals surface area (Å²) in [6, 6.07) is 8.59. The van der Waals surface area contributed by atoms with Crippen LogP contribution < -0.4 is 15.8 Å². The Hall–Kier alpha value is -2.69. The number of benzene rings is 2. The van der Waals surface area contributed by atoms with E-state index in [1.54, 1.807) is 12.1 Å². The summed E-state index contributed by atoms with van der Waals surface area (Å²) in [5.41, 5.74) is 8.80. The minimum absolute atomic E-state index is 0.0325. The van der Waals surface area contributed by atoms with E-state index in [0.717, 1.165) is 29.7 Å². The maximum atomic E-state index is 12.4. The first-order chi connectivity index (χ1) is 12.9. The van der Waals surface area contributed by atoms with Gasteiger partial charge in [-0.05, 0) is 68.0 Å². The summed E-state index contributed by atoms with van der Waals surface area (Å²) in [5.74, 6) is 1.70. The third-order valence-corrected chi connectivity index (χ3v) is 5.14. The van der Waals surface area contributed by atoms with E-state index in [2.05, 4.69) is 5.32 Å². The van der Waals surface area contributed by atoms with Gasteiger partial charge in [-0.15, -0.1) is 0 Å². The maximum absolute atomic E-state index is 12.4. The van der Waals surface area contributed by atoms with Gasteiger partial charge < -0.3 is 20.9 Å². The second-order valence-electron chi connectivity index (χ2n) is 7.52. The van der Waals surface area contributed by atoms with Gasteiger partial charge in [0.2, 0.25) is 5.91 Å². The Morgan fingerprint density at radius 2 is 1.81 bits per heavy atom. The molecule has 3 rings (SSSR count). The minimum atomic E-state index is -0.0609. The van der Waals surface area contributed by atoms with Gasteiger partial charge in [-0.3, -0.25) is 4.79 Å². The van der Waals surface area contributed by atoms with Crippen molar-refractivity contribution >= 4 is 17.3 Å². The van der Waals surface area contributed by atoms with Crippen LogP contribution in [0.2, 0.25) is 0 Å². The molecule has 2 aromatic rings. The number of aromatic hydroxyl groups is 1. The lowest BCUT2D eigenvalue weighted by Gasteiger charge is -2.21. The van der Waals surface area contributed by atoms with E-state index < -0.39 is 0 Å². The summed E-state index contributed by atoms with van der Waals surface area (Å²) in [7, 11) is 0. The van der Waals surface area contributed by atoms with E-state index in [4.69, 9.17) is 10.5 Å². The van der Waals surface area contributed by atoms with Crippen LogP contribution in [-0.4, -0.2) is 11.0 Å². The van der Waals surface area contributed by atoms with Crippen molar-refractivity contribution in [2.75, 3.05) is 11.1 Å². The number of carbonyl (C=O) groups excluding carboxylic acids is 1. The van der Waals surface area contributed by atoms with E-state index in [-0.39, 0.29) is 11.7 Å². The number of hydrogen-bond donors (Lipinski definition) is 3. The number of nitrogen functional groups attached to an aromatic ring is 1. The highest BCUT2D eigenvalue weighted by Crippen LogP contribution is 2.35. The summed E-state index contributed by atoms with van der Waals surface area (Å²) in [6.45, 7) is 3.87. The number of hydrogen-bond acceptors (Lipinski definition) is 4. The summed E-state index contributed by atoms with van der Waals surface area (Å²) in [5, 5.41) is 12.9. The van der Waals surface area contributed by atoms with Gasteiger partial charge in [-0.1, -0.05) is 19.3 Å². The molecule has 0 atom stereocenters. The predicted molar refractivity (Wildman–Crippen MR) is 108 cm³/mol. The van der Waals surface area contributed by atoms with Crippen molar-refractivity contribution in [1.29, 1.82) is 0 Å². The monoisotopic (exact) mass is 368 g/mol. The average Bonchev–Trinajstić information content (AvgIpc) is 2.61. The number of phenols is 1. The first kappa shape index (κ1) is 19.1. The first-order valence-corrected chi connectivity index (χ1v) is 9.60. The number of rotatable bonds is 5. The Kier molecular flexibility index (Phi) is 5.89. The van der Waals surface area contributed by atoms with Crippen LogP contribution in [0.25, 0.3) is 0 Å². The lowest BCUT2D eigenvalue weighted by Crippen LogP contribution is -2.18. The topological polar surface area (TPSA) is 84.6 Å². The Bertz CT molecular complexity index is 803. The lowest BCUT2D eigenvalue weighted by atomic mass is 9.87. The third kappa shape index (κ3) is 4.94. The van der Waals surface area contributed by atoms with Crippen molar-refractivity contribution in [3.63, 3.8) is 0 Å². The zero-order chi connectivity index (χ0) is 19.4. The standard InChI is InChI=1S/C22H28N2O3/c1-14-10-17(23)11-15(2)22(14)27-18-8-9-20(25)19(13-18)24-21(26)12-16-6-4-3-5-7-16/h8-11,13,16,25H,3-7,12,23H2,1-2H3,(H,24,26). The fraction of sp³-hybridized carbons (Fsp3) is 0.409. The highest BCUT2D eigenvalue weighted by atomic mass is 16.5. The molecule has 1 aliphatic rings. The van der Waals surface area contributed by atoms with Gasteiger partial charge in [0.25, 0.3) is 0 Å². The zero-order valence-corrected chi connectivity index (χ0v) is 16.0. The fourth-order valence-electron chi connectivity index (χ4n) is 3.80. The molecule has 0 heterocycles. The summed E-state index contributed by atoms with van der Waals surface area (Å²) < 4.78 is 6.00. The van der Waals surface area contributed by atoms with Crippen molar-refractivity contribution in [1.82, 2.24) is 0 Å². The van der Waals surface area contributed by atoms with E-state index in [1.807, 2.05) is 26.0 Å². The summed E-state index contributed by atoms with van der Waals surface area (Å²) >= 11 is 0. The number of nitrogens with two attached hydrogens (primary N) is 1. The molecule has 0 saturated heterocycles. The van der Waals surface area contributed by atoms with Crippen molar-refractivity contribution in [3.8, 4) is 17.2 Å². The quantitative estimate of drug-likeness (QED) is 0.494. The second kappa shape index (κ2) is 8.33. The van der Waals surface area contributed by atoms with Crippen LogP contribution in [0.3, 0.4) is 0 Å². The SMILES string of the molecule is Cc1cc(N)cc(C)c1Oc1ccc(O)c(NC(=O)CC2CCCCC2)c1. The van der Waals surface area contributed by atoms with Crippen LogP contribution in [0.1, 0.15) is 49.7 Å². The molecule has 1 saturated carbocycles. The Morgan fingerprint density at radius 3 is 2.48 bits per heavy atom. The number of carbonyl (C=O) groups is 1. The molecule has 1 aliphatic carbocycles. The molecule has 0 spiro atoms. The first-order valence-electron chi connectivity index (χ1n) is 9.60. The van der Waals surface area contributed by atoms with Gasteiger partial charge in [0.15, 0.2) is 0 Å². The van der Waals surface area contributed by atoms with Gasteiger partial charge in [-0.2, -0.15) is 0 Å². The molecule has 5 nitrogen and oxygen atoms in total. The predicted octanol–water partition coefficient (Wildman–Crippen LogP) is 5.29. The van der Waals surface area contributed by atoms with Crippen LogP contribution in [-0.2, 0) is 4.79 Å². The van der Waals surface area contributed by atoms with Crippen LogP contribution in [0.5, 0.6) is 17.2 Å². The van der Waals surface area contributed by atoms with Gasteiger partial charge in [-0.25, -0.2) is 0 Å². The molecule has 5 heteroatoms. The van der Waals surface area contributed by atoms with Gasteiger partial charge >= 0.3 is 0 Å². The number of aryl methyl sites for hydroxylation is 2. The van der Waals surface area contributed by atoms with Crippen LogP contribution in [0.4, 0.5) is 11.4 Å². The molecule has 4 N–H and O–H groups in total. The molecule has 144 valence electrons. The average molecular weight is 368 g/mol. The van der Waals surface area contributed by atoms with Crippen molar-refractivity contribution < 1.29 is 14.6 Å².